The molecule has 0 atom stereocenters. The monoisotopic (exact) mass is 403 g/mol. The number of hydrogen-bond donors (Lipinski definition) is 3. The maximum atomic E-state index is 12.7. The van der Waals surface area contributed by atoms with Crippen molar-refractivity contribution in [1.29, 1.82) is 0 Å². The Morgan fingerprint density at radius 1 is 1.23 bits per heavy atom. The van der Waals surface area contributed by atoms with Crippen LogP contribution in [0.25, 0.3) is 22.2 Å². The number of fused-ring (bicyclic) bond motifs is 1. The highest BCUT2D eigenvalue weighted by molar-refractivity contribution is 6.02. The molecule has 2 amide bonds. The molecule has 0 aliphatic carbocycles. The molecule has 1 saturated heterocycles. The van der Waals surface area contributed by atoms with E-state index < -0.39 is 0 Å². The zero-order chi connectivity index (χ0) is 21.1. The lowest BCUT2D eigenvalue weighted by Gasteiger charge is -2.29. The van der Waals surface area contributed by atoms with E-state index in [1.807, 2.05) is 36.5 Å². The fourth-order valence-electron chi connectivity index (χ4n) is 3.73. The summed E-state index contributed by atoms with van der Waals surface area (Å²) in [6.45, 7) is 5.45. The predicted molar refractivity (Wildman–Crippen MR) is 118 cm³/mol. The Bertz CT molecular complexity index is 1100. The van der Waals surface area contributed by atoms with Crippen LogP contribution in [0.1, 0.15) is 23.3 Å². The van der Waals surface area contributed by atoms with E-state index in [0.29, 0.717) is 17.1 Å². The minimum absolute atomic E-state index is 0.148. The number of piperidine rings is 1. The normalized spacial score (nSPS) is 15.1. The van der Waals surface area contributed by atoms with Gasteiger partial charge in [-0.1, -0.05) is 12.6 Å². The predicted octanol–water partition coefficient (Wildman–Crippen LogP) is 3.18. The molecule has 154 valence electrons. The third-order valence-corrected chi connectivity index (χ3v) is 5.45. The maximum Gasteiger partial charge on any atom is 0.270 e. The second kappa shape index (κ2) is 8.51. The van der Waals surface area contributed by atoms with Gasteiger partial charge in [-0.3, -0.25) is 9.59 Å². The summed E-state index contributed by atoms with van der Waals surface area (Å²) in [7, 11) is 2.10. The van der Waals surface area contributed by atoms with Gasteiger partial charge in [0.05, 0.1) is 5.69 Å². The number of carbonyl (C=O) groups excluding carboxylic acids is 2. The number of hydrogen-bond acceptors (Lipinski definition) is 4. The van der Waals surface area contributed by atoms with Gasteiger partial charge in [-0.15, -0.1) is 0 Å². The highest BCUT2D eigenvalue weighted by Gasteiger charge is 2.20. The minimum Gasteiger partial charge on any atom is -0.360 e. The van der Waals surface area contributed by atoms with Crippen LogP contribution in [0.2, 0.25) is 0 Å². The molecular weight excluding hydrogens is 378 g/mol. The van der Waals surface area contributed by atoms with E-state index in [1.165, 1.54) is 6.08 Å². The van der Waals surface area contributed by atoms with Crippen molar-refractivity contribution in [2.24, 2.45) is 0 Å². The molecule has 1 aliphatic heterocycles. The molecule has 3 aromatic rings. The Morgan fingerprint density at radius 3 is 2.80 bits per heavy atom. The number of anilines is 1. The van der Waals surface area contributed by atoms with E-state index in [4.69, 9.17) is 0 Å². The molecule has 7 nitrogen and oxygen atoms in total. The first kappa shape index (κ1) is 19.8. The number of likely N-dealkylation sites (tertiary alicyclic amines) is 1. The van der Waals surface area contributed by atoms with Gasteiger partial charge in [-0.2, -0.15) is 0 Å². The molecule has 0 unspecified atom stereocenters. The largest absolute Gasteiger partial charge is 0.360 e. The first-order valence-electron chi connectivity index (χ1n) is 10.0. The van der Waals surface area contributed by atoms with Gasteiger partial charge in [-0.05, 0) is 69.4 Å². The fraction of sp³-hybridized carbons (Fsp3) is 0.261. The SMILES string of the molecule is C=CC(=O)Nc1ccc2[nH]cc(-c3cccc(C(=O)NC4CCN(C)CC4)n3)c2c1. The average molecular weight is 403 g/mol. The van der Waals surface area contributed by atoms with Crippen molar-refractivity contribution >= 4 is 28.4 Å². The molecule has 4 rings (SSSR count). The van der Waals surface area contributed by atoms with Crippen LogP contribution in [0.5, 0.6) is 0 Å². The lowest BCUT2D eigenvalue weighted by atomic mass is 10.1. The average Bonchev–Trinajstić information content (AvgIpc) is 3.18. The van der Waals surface area contributed by atoms with Gasteiger partial charge in [0.2, 0.25) is 5.91 Å². The lowest BCUT2D eigenvalue weighted by Crippen LogP contribution is -2.43. The van der Waals surface area contributed by atoms with E-state index in [1.54, 1.807) is 6.07 Å². The topological polar surface area (TPSA) is 90.1 Å². The molecule has 0 saturated carbocycles. The number of H-pyrrole nitrogens is 1. The van der Waals surface area contributed by atoms with Crippen LogP contribution >= 0.6 is 0 Å². The summed E-state index contributed by atoms with van der Waals surface area (Å²) in [5.74, 6) is -0.415. The second-order valence-electron chi connectivity index (χ2n) is 7.62. The summed E-state index contributed by atoms with van der Waals surface area (Å²) in [5.41, 5.74) is 3.56. The highest BCUT2D eigenvalue weighted by Crippen LogP contribution is 2.29. The maximum absolute atomic E-state index is 12.7. The third kappa shape index (κ3) is 4.26. The first-order valence-corrected chi connectivity index (χ1v) is 10.0. The minimum atomic E-state index is -0.267. The van der Waals surface area contributed by atoms with Gasteiger partial charge in [0.1, 0.15) is 5.69 Å². The number of aromatic nitrogens is 2. The van der Waals surface area contributed by atoms with Crippen LogP contribution in [-0.2, 0) is 4.79 Å². The second-order valence-corrected chi connectivity index (χ2v) is 7.62. The summed E-state index contributed by atoms with van der Waals surface area (Å²) in [4.78, 5) is 34.4. The number of benzene rings is 1. The Hall–Kier alpha value is -3.45. The van der Waals surface area contributed by atoms with Crippen molar-refractivity contribution in [3.05, 3.63) is 60.9 Å². The van der Waals surface area contributed by atoms with Gasteiger partial charge >= 0.3 is 0 Å². The molecule has 1 fully saturated rings. The van der Waals surface area contributed by atoms with E-state index in [9.17, 15) is 9.59 Å². The molecule has 0 spiro atoms. The zero-order valence-corrected chi connectivity index (χ0v) is 16.9. The van der Waals surface area contributed by atoms with Crippen molar-refractivity contribution in [3.63, 3.8) is 0 Å². The molecule has 0 radical (unpaired) electrons. The van der Waals surface area contributed by atoms with Crippen molar-refractivity contribution < 1.29 is 9.59 Å². The first-order chi connectivity index (χ1) is 14.5. The molecule has 7 heteroatoms. The van der Waals surface area contributed by atoms with Crippen LogP contribution in [0, 0.1) is 0 Å². The molecule has 1 aliphatic rings. The summed E-state index contributed by atoms with van der Waals surface area (Å²) < 4.78 is 0. The number of rotatable bonds is 5. The van der Waals surface area contributed by atoms with E-state index in [2.05, 4.69) is 39.1 Å². The van der Waals surface area contributed by atoms with E-state index >= 15 is 0 Å². The van der Waals surface area contributed by atoms with Gasteiger partial charge < -0.3 is 20.5 Å². The summed E-state index contributed by atoms with van der Waals surface area (Å²) >= 11 is 0. The van der Waals surface area contributed by atoms with Gasteiger partial charge in [0.25, 0.3) is 5.91 Å². The Kier molecular flexibility index (Phi) is 5.63. The van der Waals surface area contributed by atoms with E-state index in [-0.39, 0.29) is 17.9 Å². The molecule has 0 bridgehead atoms. The van der Waals surface area contributed by atoms with Crippen LogP contribution in [0.4, 0.5) is 5.69 Å². The van der Waals surface area contributed by atoms with Gasteiger partial charge in [0.15, 0.2) is 0 Å². The van der Waals surface area contributed by atoms with Crippen LogP contribution < -0.4 is 10.6 Å². The van der Waals surface area contributed by atoms with Gasteiger partial charge in [0, 0.05) is 34.4 Å². The van der Waals surface area contributed by atoms with Crippen LogP contribution in [0.15, 0.2) is 55.3 Å². The van der Waals surface area contributed by atoms with Gasteiger partial charge in [-0.25, -0.2) is 4.98 Å². The quantitative estimate of drug-likeness (QED) is 0.571. The Balaban J connectivity index is 1.58. The van der Waals surface area contributed by atoms with Crippen LogP contribution in [0.3, 0.4) is 0 Å². The number of amides is 2. The molecule has 1 aromatic carbocycles. The molecular formula is C23H25N5O2. The number of pyridine rings is 1. The summed E-state index contributed by atoms with van der Waals surface area (Å²) in [6.07, 6.45) is 4.99. The third-order valence-electron chi connectivity index (χ3n) is 5.45. The van der Waals surface area contributed by atoms with Crippen molar-refractivity contribution in [2.45, 2.75) is 18.9 Å². The molecule has 3 N–H and O–H groups in total. The molecule has 30 heavy (non-hydrogen) atoms. The molecule has 3 heterocycles. The Morgan fingerprint density at radius 2 is 2.03 bits per heavy atom. The lowest BCUT2D eigenvalue weighted by molar-refractivity contribution is -0.111. The standard InChI is InChI=1S/C23H25N5O2/c1-3-22(29)25-16-7-8-19-17(13-16)18(14-24-19)20-5-4-6-21(27-20)23(30)26-15-9-11-28(2)12-10-15/h3-8,13-15,24H,1,9-12H2,2H3,(H,25,29)(H,26,30). The summed E-state index contributed by atoms with van der Waals surface area (Å²) in [5, 5.41) is 6.80. The van der Waals surface area contributed by atoms with Crippen molar-refractivity contribution in [2.75, 3.05) is 25.5 Å². The zero-order valence-electron chi connectivity index (χ0n) is 16.9. The number of carbonyl (C=O) groups is 2. The van der Waals surface area contributed by atoms with E-state index in [0.717, 1.165) is 42.4 Å². The van der Waals surface area contributed by atoms with Crippen molar-refractivity contribution in [3.8, 4) is 11.3 Å². The number of nitrogens with one attached hydrogen (secondary N) is 3. The fourth-order valence-corrected chi connectivity index (χ4v) is 3.73. The number of nitrogens with zero attached hydrogens (tertiary/aromatic N) is 2. The summed E-state index contributed by atoms with van der Waals surface area (Å²) in [6, 6.07) is 11.2. The highest BCUT2D eigenvalue weighted by atomic mass is 16.2. The smallest absolute Gasteiger partial charge is 0.270 e. The molecule has 2 aromatic heterocycles. The Labute approximate surface area is 175 Å². The number of aromatic amines is 1. The van der Waals surface area contributed by atoms with Crippen molar-refractivity contribution in [1.82, 2.24) is 20.2 Å². The van der Waals surface area contributed by atoms with Crippen LogP contribution in [-0.4, -0.2) is 52.9 Å².